The first kappa shape index (κ1) is 56.8. The van der Waals surface area contributed by atoms with Crippen LogP contribution in [0.3, 0.4) is 0 Å². The highest BCUT2D eigenvalue weighted by molar-refractivity contribution is 7.85. The van der Waals surface area contributed by atoms with Crippen molar-refractivity contribution in [3.8, 4) is 0 Å². The molecule has 17 nitrogen and oxygen atoms in total. The number of carboxylic acids is 1. The monoisotopic (exact) mass is 1080 g/mol. The molecule has 5 aromatic rings. The third-order valence-electron chi connectivity index (χ3n) is 15.2. The Kier molecular flexibility index (Phi) is 17.8. The number of nitrogens with two attached hydrogens (primary N) is 1. The van der Waals surface area contributed by atoms with E-state index in [9.17, 15) is 32.5 Å². The van der Waals surface area contributed by atoms with Gasteiger partial charge < -0.3 is 31.7 Å². The second-order valence-electron chi connectivity index (χ2n) is 21.7. The van der Waals surface area contributed by atoms with Gasteiger partial charge in [-0.25, -0.2) is 14.8 Å². The summed E-state index contributed by atoms with van der Waals surface area (Å²) in [6, 6.07) is 20.7. The van der Waals surface area contributed by atoms with Gasteiger partial charge >= 0.3 is 5.97 Å². The normalized spacial score (nSPS) is 17.3. The first-order chi connectivity index (χ1) is 37.2. The number of hydrogen-bond donors (Lipinski definition) is 7. The standard InChI is InChI=1S/C60H74N10O7S/c1-7-8-13-33-70-49-29-22-39(2)36-46(49)60(5,6)51(70)31-26-41-18-16-17-40(25-30-50-59(3,4)45-19-9-10-21-48(45)69(50)34-14-15-35-78(75,76)77)52(41)62-32-12-11-20-47(57(73)74)66-55(71)42-23-27-43(28-24-42)63-37-44-38-64-54-53(65-44)56(72)68-58(61)67-54/h9-10,19,21-31,36,38,47H,7-8,11-18,20,32-35,37H2,1-6H3,(H7,61,63,64,66,67,68,71,72,73,74,75,76,77)/p+1/b40-25+,50-30+. The SMILES string of the molecule is CCCCC[N+]1=C(/C=C/C2=C(NCCCCC(NC(=O)c3ccc(NCc4cnc5nc(N)[nH]c(=O)c5n4)cc3)C(=O)O)C(=C/C=C3/N(CCCCS(=O)(=O)O)c4ccccc4C3(C)C)/CCC2)C(C)(C)c2cc(C)ccc21. The second-order valence-corrected chi connectivity index (χ2v) is 23.3. The quantitative estimate of drug-likeness (QED) is 0.0173. The Morgan fingerprint density at radius 2 is 1.69 bits per heavy atom. The minimum atomic E-state index is -4.07. The van der Waals surface area contributed by atoms with Gasteiger partial charge in [0.2, 0.25) is 11.6 Å². The minimum absolute atomic E-state index is 0.0457. The number of allylic oxidation sites excluding steroid dienone is 7. The van der Waals surface area contributed by atoms with E-state index in [1.807, 2.05) is 6.07 Å². The fourth-order valence-electron chi connectivity index (χ4n) is 11.0. The molecule has 4 heterocycles. The van der Waals surface area contributed by atoms with Crippen LogP contribution in [0, 0.1) is 6.92 Å². The molecule has 18 heteroatoms. The lowest BCUT2D eigenvalue weighted by Crippen LogP contribution is -2.40. The number of aromatic amines is 1. The number of unbranched alkanes of at least 4 members (excludes halogenated alkanes) is 4. The van der Waals surface area contributed by atoms with Gasteiger partial charge in [-0.3, -0.25) is 19.1 Å². The Bertz CT molecular complexity index is 3390. The molecular weight excluding hydrogens is 1000 g/mol. The lowest BCUT2D eigenvalue weighted by molar-refractivity contribution is -0.438. The van der Waals surface area contributed by atoms with Crippen molar-refractivity contribution in [2.45, 2.75) is 136 Å². The number of H-pyrrole nitrogens is 1. The Hall–Kier alpha value is -7.44. The number of rotatable bonds is 24. The lowest BCUT2D eigenvalue weighted by Gasteiger charge is -2.28. The summed E-state index contributed by atoms with van der Waals surface area (Å²) in [5.74, 6) is -1.93. The summed E-state index contributed by atoms with van der Waals surface area (Å²) in [6.45, 7) is 15.8. The van der Waals surface area contributed by atoms with Gasteiger partial charge in [0.05, 0.1) is 29.6 Å². The van der Waals surface area contributed by atoms with E-state index in [0.29, 0.717) is 55.7 Å². The van der Waals surface area contributed by atoms with Crippen LogP contribution in [0.25, 0.3) is 11.2 Å². The van der Waals surface area contributed by atoms with Crippen LogP contribution in [0.1, 0.15) is 138 Å². The number of carbonyl (C=O) groups excluding carboxylic acids is 1. The third-order valence-corrected chi connectivity index (χ3v) is 16.0. The van der Waals surface area contributed by atoms with Gasteiger partial charge in [0.15, 0.2) is 16.9 Å². The van der Waals surface area contributed by atoms with Crippen molar-refractivity contribution in [1.82, 2.24) is 30.6 Å². The topological polar surface area (TPSA) is 249 Å². The molecule has 3 aliphatic rings. The maximum Gasteiger partial charge on any atom is 0.326 e. The zero-order valence-electron chi connectivity index (χ0n) is 45.8. The first-order valence-electron chi connectivity index (χ1n) is 27.3. The molecule has 0 saturated heterocycles. The number of aliphatic carboxylic acids is 1. The number of anilines is 3. The van der Waals surface area contributed by atoms with Gasteiger partial charge in [0.25, 0.3) is 21.6 Å². The maximum atomic E-state index is 13.4. The highest BCUT2D eigenvalue weighted by Crippen LogP contribution is 2.48. The van der Waals surface area contributed by atoms with Gasteiger partial charge in [-0.05, 0) is 138 Å². The Morgan fingerprint density at radius 1 is 0.910 bits per heavy atom. The van der Waals surface area contributed by atoms with Crippen LogP contribution in [0.15, 0.2) is 125 Å². The predicted octanol–water partition coefficient (Wildman–Crippen LogP) is 9.70. The zero-order valence-corrected chi connectivity index (χ0v) is 46.6. The summed E-state index contributed by atoms with van der Waals surface area (Å²) in [5.41, 5.74) is 18.2. The molecule has 0 bridgehead atoms. The van der Waals surface area contributed by atoms with Crippen molar-refractivity contribution in [3.05, 3.63) is 158 Å². The molecule has 0 radical (unpaired) electrons. The number of hydrogen-bond acceptors (Lipinski definition) is 12. The molecule has 8 N–H and O–H groups in total. The molecule has 1 aliphatic carbocycles. The summed E-state index contributed by atoms with van der Waals surface area (Å²) >= 11 is 0. The Labute approximate surface area is 457 Å². The van der Waals surface area contributed by atoms with Gasteiger partial charge in [0.1, 0.15) is 12.6 Å². The summed E-state index contributed by atoms with van der Waals surface area (Å²) in [7, 11) is -4.07. The van der Waals surface area contributed by atoms with E-state index in [4.69, 9.17) is 5.73 Å². The van der Waals surface area contributed by atoms with Crippen molar-refractivity contribution >= 4 is 61.9 Å². The van der Waals surface area contributed by atoms with E-state index in [-0.39, 0.29) is 46.7 Å². The largest absolute Gasteiger partial charge is 0.480 e. The van der Waals surface area contributed by atoms with Crippen LogP contribution in [0.2, 0.25) is 0 Å². The number of nitrogen functional groups attached to an aromatic ring is 1. The van der Waals surface area contributed by atoms with E-state index >= 15 is 0 Å². The number of nitrogens with zero attached hydrogens (tertiary/aromatic N) is 5. The molecule has 3 aromatic carbocycles. The van der Waals surface area contributed by atoms with Crippen LogP contribution in [0.5, 0.6) is 0 Å². The summed E-state index contributed by atoms with van der Waals surface area (Å²) in [6.07, 6.45) is 19.0. The molecule has 8 rings (SSSR count). The lowest BCUT2D eigenvalue weighted by atomic mass is 9.80. The van der Waals surface area contributed by atoms with Crippen molar-refractivity contribution in [1.29, 1.82) is 0 Å². The van der Waals surface area contributed by atoms with Crippen molar-refractivity contribution in [2.24, 2.45) is 0 Å². The number of amides is 1. The zero-order chi connectivity index (χ0) is 55.8. The average molecular weight is 1080 g/mol. The fraction of sp³-hybridized carbons (Fsp3) is 0.417. The average Bonchev–Trinajstić information content (AvgIpc) is 4.03. The molecule has 78 heavy (non-hydrogen) atoms. The van der Waals surface area contributed by atoms with E-state index < -0.39 is 33.6 Å². The van der Waals surface area contributed by atoms with Crippen molar-refractivity contribution in [3.63, 3.8) is 0 Å². The van der Waals surface area contributed by atoms with E-state index in [1.54, 1.807) is 24.3 Å². The number of nitrogens with one attached hydrogen (secondary N) is 4. The molecule has 412 valence electrons. The number of carboxylic acid groups (broad SMARTS) is 1. The number of carbonyl (C=O) groups is 2. The van der Waals surface area contributed by atoms with Crippen molar-refractivity contribution < 1.29 is 32.2 Å². The van der Waals surface area contributed by atoms with Gasteiger partial charge in [-0.1, -0.05) is 69.2 Å². The number of para-hydroxylation sites is 1. The molecule has 1 amide bonds. The summed E-state index contributed by atoms with van der Waals surface area (Å²) in [5, 5.41) is 20.0. The van der Waals surface area contributed by atoms with Crippen LogP contribution < -0.4 is 32.1 Å². The van der Waals surface area contributed by atoms with E-state index in [0.717, 1.165) is 62.2 Å². The highest BCUT2D eigenvalue weighted by atomic mass is 32.2. The molecule has 1 unspecified atom stereocenters. The van der Waals surface area contributed by atoms with Crippen molar-refractivity contribution in [2.75, 3.05) is 41.3 Å². The molecule has 2 aromatic heterocycles. The number of benzene rings is 3. The molecule has 0 spiro atoms. The van der Waals surface area contributed by atoms with Crippen LogP contribution in [0.4, 0.5) is 23.0 Å². The van der Waals surface area contributed by atoms with E-state index in [1.165, 1.54) is 45.4 Å². The third kappa shape index (κ3) is 13.3. The number of fused-ring (bicyclic) bond motifs is 3. The van der Waals surface area contributed by atoms with Gasteiger partial charge in [-0.2, -0.15) is 18.0 Å². The van der Waals surface area contributed by atoms with Gasteiger partial charge in [-0.15, -0.1) is 0 Å². The number of aromatic nitrogens is 4. The highest BCUT2D eigenvalue weighted by Gasteiger charge is 2.44. The molecule has 2 aliphatic heterocycles. The Balaban J connectivity index is 0.993. The predicted molar refractivity (Wildman–Crippen MR) is 309 cm³/mol. The minimum Gasteiger partial charge on any atom is -0.480 e. The van der Waals surface area contributed by atoms with Crippen LogP contribution in [-0.4, -0.2) is 91.6 Å². The molecule has 0 fully saturated rings. The summed E-state index contributed by atoms with van der Waals surface area (Å²) in [4.78, 5) is 55.5. The van der Waals surface area contributed by atoms with Crippen LogP contribution >= 0.6 is 0 Å². The Morgan fingerprint density at radius 3 is 2.45 bits per heavy atom. The van der Waals surface area contributed by atoms with E-state index in [2.05, 4.69) is 148 Å². The smallest absolute Gasteiger partial charge is 0.326 e. The first-order valence-corrected chi connectivity index (χ1v) is 28.9. The number of aryl methyl sites for hydroxylation is 1. The molecular formula is C60H75N10O7S+. The molecule has 1 atom stereocenters. The maximum absolute atomic E-state index is 13.4. The second kappa shape index (κ2) is 24.5. The van der Waals surface area contributed by atoms with Crippen LogP contribution in [-0.2, 0) is 32.3 Å². The molecule has 0 saturated carbocycles. The van der Waals surface area contributed by atoms with Gasteiger partial charge in [0, 0.05) is 71.0 Å². The fourth-order valence-corrected chi connectivity index (χ4v) is 11.6. The summed E-state index contributed by atoms with van der Waals surface area (Å²) < 4.78 is 35.2.